The van der Waals surface area contributed by atoms with Gasteiger partial charge in [-0.2, -0.15) is 9.57 Å². The number of nitriles is 1. The molecule has 0 unspecified atom stereocenters. The van der Waals surface area contributed by atoms with Gasteiger partial charge in [0.1, 0.15) is 6.54 Å². The van der Waals surface area contributed by atoms with Crippen molar-refractivity contribution in [2.24, 2.45) is 0 Å². The second-order valence-electron chi connectivity index (χ2n) is 3.73. The third-order valence-electron chi connectivity index (χ3n) is 2.31. The zero-order valence-corrected chi connectivity index (χ0v) is 10.7. The van der Waals surface area contributed by atoms with Gasteiger partial charge in [-0.25, -0.2) is 8.42 Å². The lowest BCUT2D eigenvalue weighted by Crippen LogP contribution is -2.33. The molecule has 4 nitrogen and oxygen atoms in total. The minimum absolute atomic E-state index is 0.0461. The van der Waals surface area contributed by atoms with Crippen LogP contribution in [0.25, 0.3) is 0 Å². The van der Waals surface area contributed by atoms with Gasteiger partial charge in [0.15, 0.2) is 0 Å². The lowest BCUT2D eigenvalue weighted by atomic mass is 10.2. The van der Waals surface area contributed by atoms with E-state index in [1.165, 1.54) is 4.31 Å². The fourth-order valence-electron chi connectivity index (χ4n) is 1.52. The third-order valence-corrected chi connectivity index (χ3v) is 4.10. The Kier molecular flexibility index (Phi) is 5.13. The maximum absolute atomic E-state index is 12.1. The van der Waals surface area contributed by atoms with Crippen LogP contribution in [0.4, 0.5) is 0 Å². The summed E-state index contributed by atoms with van der Waals surface area (Å²) < 4.78 is 25.3. The summed E-state index contributed by atoms with van der Waals surface area (Å²) in [6, 6.07) is 10.9. The van der Waals surface area contributed by atoms with Crippen molar-refractivity contribution < 1.29 is 8.42 Å². The van der Waals surface area contributed by atoms with Crippen molar-refractivity contribution in [2.75, 3.05) is 13.1 Å². The van der Waals surface area contributed by atoms with Crippen LogP contribution in [0.1, 0.15) is 18.9 Å². The van der Waals surface area contributed by atoms with Crippen molar-refractivity contribution in [3.63, 3.8) is 0 Å². The molecule has 92 valence electrons. The maximum atomic E-state index is 12.1. The van der Waals surface area contributed by atoms with E-state index in [1.54, 1.807) is 24.3 Å². The Morgan fingerprint density at radius 3 is 2.47 bits per heavy atom. The van der Waals surface area contributed by atoms with Gasteiger partial charge >= 0.3 is 0 Å². The number of hydrogen-bond acceptors (Lipinski definition) is 3. The van der Waals surface area contributed by atoms with Gasteiger partial charge in [0.05, 0.1) is 11.8 Å². The van der Waals surface area contributed by atoms with Crippen LogP contribution in [0, 0.1) is 11.3 Å². The molecule has 0 radical (unpaired) electrons. The van der Waals surface area contributed by atoms with Crippen LogP contribution in [-0.2, 0) is 15.8 Å². The second kappa shape index (κ2) is 6.38. The standard InChI is InChI=1S/C12H16N2O2S/c1-2-9-14(10-8-13)17(15,16)11-12-6-4-3-5-7-12/h3-7H,2,9-11H2,1H3. The summed E-state index contributed by atoms with van der Waals surface area (Å²) in [6.07, 6.45) is 0.704. The molecule has 0 aromatic heterocycles. The summed E-state index contributed by atoms with van der Waals surface area (Å²) in [5, 5.41) is 8.64. The Morgan fingerprint density at radius 2 is 1.94 bits per heavy atom. The molecule has 0 bridgehead atoms. The van der Waals surface area contributed by atoms with E-state index in [2.05, 4.69) is 0 Å². The number of hydrogen-bond donors (Lipinski definition) is 0. The topological polar surface area (TPSA) is 61.2 Å². The van der Waals surface area contributed by atoms with Gasteiger partial charge in [-0.15, -0.1) is 0 Å². The Morgan fingerprint density at radius 1 is 1.29 bits per heavy atom. The van der Waals surface area contributed by atoms with Crippen LogP contribution in [-0.4, -0.2) is 25.8 Å². The third kappa shape index (κ3) is 4.17. The van der Waals surface area contributed by atoms with E-state index < -0.39 is 10.0 Å². The summed E-state index contributed by atoms with van der Waals surface area (Å²) in [6.45, 7) is 2.20. The number of nitrogens with zero attached hydrogens (tertiary/aromatic N) is 2. The zero-order chi connectivity index (χ0) is 12.7. The summed E-state index contributed by atoms with van der Waals surface area (Å²) in [5.74, 6) is -0.0461. The first-order valence-corrected chi connectivity index (χ1v) is 7.09. The first-order valence-electron chi connectivity index (χ1n) is 5.49. The Bertz CT molecular complexity index is 477. The van der Waals surface area contributed by atoms with Gasteiger partial charge < -0.3 is 0 Å². The van der Waals surface area contributed by atoms with Gasteiger partial charge in [0.25, 0.3) is 0 Å². The van der Waals surface area contributed by atoms with Crippen molar-refractivity contribution in [3.8, 4) is 6.07 Å². The van der Waals surface area contributed by atoms with E-state index >= 15 is 0 Å². The molecule has 0 heterocycles. The molecule has 0 fully saturated rings. The molecule has 0 aliphatic rings. The maximum Gasteiger partial charge on any atom is 0.219 e. The average Bonchev–Trinajstić information content (AvgIpc) is 2.29. The first-order chi connectivity index (χ1) is 8.10. The smallest absolute Gasteiger partial charge is 0.212 e. The van der Waals surface area contributed by atoms with Crippen LogP contribution in [0.3, 0.4) is 0 Å². The van der Waals surface area contributed by atoms with Crippen molar-refractivity contribution in [3.05, 3.63) is 35.9 Å². The molecule has 0 N–H and O–H groups in total. The molecule has 0 atom stereocenters. The van der Waals surface area contributed by atoms with Crippen LogP contribution in [0.15, 0.2) is 30.3 Å². The highest BCUT2D eigenvalue weighted by Gasteiger charge is 2.21. The minimum Gasteiger partial charge on any atom is -0.212 e. The number of sulfonamides is 1. The Labute approximate surface area is 103 Å². The molecule has 1 aromatic rings. The molecule has 0 spiro atoms. The lowest BCUT2D eigenvalue weighted by Gasteiger charge is -2.18. The van der Waals surface area contributed by atoms with E-state index in [0.717, 1.165) is 5.56 Å². The molecule has 0 aliphatic carbocycles. The molecule has 0 saturated carbocycles. The van der Waals surface area contributed by atoms with Crippen molar-refractivity contribution in [2.45, 2.75) is 19.1 Å². The van der Waals surface area contributed by atoms with E-state index in [9.17, 15) is 8.42 Å². The van der Waals surface area contributed by atoms with E-state index in [0.29, 0.717) is 13.0 Å². The summed E-state index contributed by atoms with van der Waals surface area (Å²) in [7, 11) is -3.39. The van der Waals surface area contributed by atoms with Gasteiger partial charge in [-0.1, -0.05) is 37.3 Å². The Balaban J connectivity index is 2.83. The molecular formula is C12H16N2O2S. The van der Waals surface area contributed by atoms with Gasteiger partial charge in [-0.3, -0.25) is 0 Å². The predicted molar refractivity (Wildman–Crippen MR) is 66.5 cm³/mol. The highest BCUT2D eigenvalue weighted by molar-refractivity contribution is 7.88. The molecule has 5 heteroatoms. The largest absolute Gasteiger partial charge is 0.219 e. The van der Waals surface area contributed by atoms with Gasteiger partial charge in [0.2, 0.25) is 10.0 Å². The fraction of sp³-hybridized carbons (Fsp3) is 0.417. The van der Waals surface area contributed by atoms with E-state index in [4.69, 9.17) is 5.26 Å². The molecule has 0 aliphatic heterocycles. The van der Waals surface area contributed by atoms with Crippen LogP contribution < -0.4 is 0 Å². The summed E-state index contributed by atoms with van der Waals surface area (Å²) in [4.78, 5) is 0. The second-order valence-corrected chi connectivity index (χ2v) is 5.70. The Hall–Kier alpha value is -1.38. The quantitative estimate of drug-likeness (QED) is 0.725. The van der Waals surface area contributed by atoms with Gasteiger partial charge in [-0.05, 0) is 12.0 Å². The van der Waals surface area contributed by atoms with Crippen molar-refractivity contribution in [1.82, 2.24) is 4.31 Å². The fourth-order valence-corrected chi connectivity index (χ4v) is 3.03. The van der Waals surface area contributed by atoms with Crippen LogP contribution in [0.2, 0.25) is 0 Å². The van der Waals surface area contributed by atoms with Crippen LogP contribution >= 0.6 is 0 Å². The van der Waals surface area contributed by atoms with E-state index in [-0.39, 0.29) is 12.3 Å². The molecular weight excluding hydrogens is 236 g/mol. The molecule has 1 rings (SSSR count). The van der Waals surface area contributed by atoms with Crippen molar-refractivity contribution in [1.29, 1.82) is 5.26 Å². The summed E-state index contributed by atoms with van der Waals surface area (Å²) in [5.41, 5.74) is 0.742. The first kappa shape index (κ1) is 13.7. The molecule has 0 amide bonds. The monoisotopic (exact) mass is 252 g/mol. The number of benzene rings is 1. The van der Waals surface area contributed by atoms with Gasteiger partial charge in [0, 0.05) is 6.54 Å². The predicted octanol–water partition coefficient (Wildman–Crippen LogP) is 1.75. The average molecular weight is 252 g/mol. The minimum atomic E-state index is -3.39. The highest BCUT2D eigenvalue weighted by Crippen LogP contribution is 2.10. The highest BCUT2D eigenvalue weighted by atomic mass is 32.2. The zero-order valence-electron chi connectivity index (χ0n) is 9.83. The SMILES string of the molecule is CCCN(CC#N)S(=O)(=O)Cc1ccccc1. The lowest BCUT2D eigenvalue weighted by molar-refractivity contribution is 0.443. The van der Waals surface area contributed by atoms with E-state index in [1.807, 2.05) is 19.1 Å². The molecule has 1 aromatic carbocycles. The normalized spacial score (nSPS) is 11.4. The summed E-state index contributed by atoms with van der Waals surface area (Å²) >= 11 is 0. The van der Waals surface area contributed by atoms with Crippen LogP contribution in [0.5, 0.6) is 0 Å². The molecule has 17 heavy (non-hydrogen) atoms. The molecule has 0 saturated heterocycles. The van der Waals surface area contributed by atoms with Crippen molar-refractivity contribution >= 4 is 10.0 Å². The number of rotatable bonds is 6.